The molecule has 0 unspecified atom stereocenters. The Morgan fingerprint density at radius 3 is 2.68 bits per heavy atom. The highest BCUT2D eigenvalue weighted by Crippen LogP contribution is 2.24. The quantitative estimate of drug-likeness (QED) is 0.334. The number of hydrogen-bond donors (Lipinski definition) is 3. The van der Waals surface area contributed by atoms with Crippen LogP contribution in [0.4, 0.5) is 5.82 Å². The summed E-state index contributed by atoms with van der Waals surface area (Å²) in [6, 6.07) is 11.1. The fourth-order valence-electron chi connectivity index (χ4n) is 2.30. The van der Waals surface area contributed by atoms with Crippen molar-refractivity contribution in [1.82, 2.24) is 15.0 Å². The van der Waals surface area contributed by atoms with Gasteiger partial charge in [0.05, 0.1) is 15.8 Å². The van der Waals surface area contributed by atoms with E-state index in [1.54, 1.807) is 12.3 Å². The number of rotatable bonds is 6. The van der Waals surface area contributed by atoms with Crippen molar-refractivity contribution >= 4 is 55.3 Å². The first-order valence-corrected chi connectivity index (χ1v) is 10.6. The third-order valence-electron chi connectivity index (χ3n) is 3.60. The van der Waals surface area contributed by atoms with Crippen LogP contribution in [0.1, 0.15) is 11.1 Å². The number of carbonyl (C=O) groups is 1. The molecule has 144 valence electrons. The molecule has 1 aromatic carbocycles. The molecular weight excluding hydrogens is 512 g/mol. The minimum absolute atomic E-state index is 0.00933. The fourth-order valence-corrected chi connectivity index (χ4v) is 4.04. The Morgan fingerprint density at radius 2 is 2.00 bits per heavy atom. The molecular formula is C18H14Br2N4O3S. The van der Waals surface area contributed by atoms with Gasteiger partial charge >= 0.3 is 0 Å². The second kappa shape index (κ2) is 9.35. The van der Waals surface area contributed by atoms with E-state index in [1.165, 1.54) is 0 Å². The number of nitrogens with one attached hydrogen (secondary N) is 2. The van der Waals surface area contributed by atoms with Crippen molar-refractivity contribution in [3.63, 3.8) is 0 Å². The van der Waals surface area contributed by atoms with Gasteiger partial charge in [0.1, 0.15) is 5.82 Å². The van der Waals surface area contributed by atoms with Crippen molar-refractivity contribution in [1.29, 1.82) is 0 Å². The van der Waals surface area contributed by atoms with E-state index in [2.05, 4.69) is 52.1 Å². The van der Waals surface area contributed by atoms with Gasteiger partial charge in [-0.25, -0.2) is 4.98 Å². The summed E-state index contributed by atoms with van der Waals surface area (Å²) in [4.78, 5) is 35.1. The van der Waals surface area contributed by atoms with Crippen molar-refractivity contribution < 1.29 is 9.90 Å². The molecule has 28 heavy (non-hydrogen) atoms. The number of aromatic nitrogens is 3. The summed E-state index contributed by atoms with van der Waals surface area (Å²) >= 11 is 7.62. The van der Waals surface area contributed by atoms with E-state index in [0.717, 1.165) is 21.8 Å². The van der Waals surface area contributed by atoms with E-state index in [1.807, 2.05) is 30.3 Å². The van der Waals surface area contributed by atoms with Gasteiger partial charge in [-0.1, -0.05) is 42.1 Å². The summed E-state index contributed by atoms with van der Waals surface area (Å²) in [5.41, 5.74) is 0.636. The number of benzene rings is 1. The molecule has 7 nitrogen and oxygen atoms in total. The number of amides is 1. The molecule has 0 aliphatic carbocycles. The van der Waals surface area contributed by atoms with E-state index in [0.29, 0.717) is 10.3 Å². The fraction of sp³-hybridized carbons (Fsp3) is 0.111. The largest absolute Gasteiger partial charge is 0.493 e. The Bertz CT molecular complexity index is 1060. The lowest BCUT2D eigenvalue weighted by molar-refractivity contribution is -0.113. The van der Waals surface area contributed by atoms with Crippen LogP contribution in [-0.2, 0) is 11.2 Å². The number of H-pyrrole nitrogens is 1. The van der Waals surface area contributed by atoms with E-state index < -0.39 is 5.56 Å². The first kappa shape index (κ1) is 20.6. The topological polar surface area (TPSA) is 108 Å². The standard InChI is InChI=1S/C18H14Br2N4O3S/c19-11-7-13(20)15(21-8-11)22-14(25)9-28-18-23-16(26)12(17(27)24-18)6-10-4-2-1-3-5-10/h1-5,7-8H,6,9H2,(H,21,22,25)(H2,23,24,26,27). The molecule has 0 aliphatic rings. The number of halogens is 2. The zero-order chi connectivity index (χ0) is 20.1. The predicted octanol–water partition coefficient (Wildman–Crippen LogP) is 3.72. The number of pyridine rings is 1. The third kappa shape index (κ3) is 5.43. The Hall–Kier alpha value is -2.17. The molecule has 3 N–H and O–H groups in total. The molecule has 10 heteroatoms. The summed E-state index contributed by atoms with van der Waals surface area (Å²) in [6.45, 7) is 0. The van der Waals surface area contributed by atoms with E-state index in [-0.39, 0.29) is 34.7 Å². The molecule has 2 aromatic heterocycles. The van der Waals surface area contributed by atoms with Crippen LogP contribution in [0.25, 0.3) is 0 Å². The highest BCUT2D eigenvalue weighted by Gasteiger charge is 2.14. The number of nitrogens with zero attached hydrogens (tertiary/aromatic N) is 2. The van der Waals surface area contributed by atoms with Crippen LogP contribution < -0.4 is 10.9 Å². The predicted molar refractivity (Wildman–Crippen MR) is 115 cm³/mol. The van der Waals surface area contributed by atoms with Crippen molar-refractivity contribution in [2.75, 3.05) is 11.1 Å². The molecule has 2 heterocycles. The van der Waals surface area contributed by atoms with Crippen LogP contribution in [0.3, 0.4) is 0 Å². The van der Waals surface area contributed by atoms with E-state index in [4.69, 9.17) is 0 Å². The Balaban J connectivity index is 1.64. The van der Waals surface area contributed by atoms with Gasteiger partial charge in [0.2, 0.25) is 11.8 Å². The minimum Gasteiger partial charge on any atom is -0.493 e. The normalized spacial score (nSPS) is 10.6. The maximum absolute atomic E-state index is 12.3. The average molecular weight is 526 g/mol. The minimum atomic E-state index is -0.434. The van der Waals surface area contributed by atoms with Crippen LogP contribution in [0.5, 0.6) is 5.88 Å². The summed E-state index contributed by atoms with van der Waals surface area (Å²) in [7, 11) is 0. The zero-order valence-corrected chi connectivity index (χ0v) is 18.3. The number of thioether (sulfide) groups is 1. The molecule has 1 amide bonds. The molecule has 0 saturated heterocycles. The van der Waals surface area contributed by atoms with Gasteiger partial charge in [-0.15, -0.1) is 0 Å². The van der Waals surface area contributed by atoms with E-state index in [9.17, 15) is 14.7 Å². The second-order valence-electron chi connectivity index (χ2n) is 5.66. The molecule has 3 rings (SSSR count). The molecule has 0 atom stereocenters. The molecule has 0 spiro atoms. The molecule has 0 radical (unpaired) electrons. The van der Waals surface area contributed by atoms with Crippen molar-refractivity contribution in [3.05, 3.63) is 73.0 Å². The first-order valence-electron chi connectivity index (χ1n) is 8.02. The second-order valence-corrected chi connectivity index (χ2v) is 8.39. The number of aromatic amines is 1. The van der Waals surface area contributed by atoms with Gasteiger partial charge in [0.15, 0.2) is 5.16 Å². The van der Waals surface area contributed by atoms with Gasteiger partial charge in [-0.2, -0.15) is 4.98 Å². The maximum atomic E-state index is 12.3. The van der Waals surface area contributed by atoms with Crippen molar-refractivity contribution in [2.24, 2.45) is 0 Å². The number of hydrogen-bond acceptors (Lipinski definition) is 6. The molecule has 0 bridgehead atoms. The summed E-state index contributed by atoms with van der Waals surface area (Å²) in [6.07, 6.45) is 1.83. The third-order valence-corrected chi connectivity index (χ3v) is 5.51. The first-order chi connectivity index (χ1) is 13.4. The Morgan fingerprint density at radius 1 is 1.25 bits per heavy atom. The van der Waals surface area contributed by atoms with Gasteiger partial charge in [-0.05, 0) is 43.5 Å². The maximum Gasteiger partial charge on any atom is 0.258 e. The smallest absolute Gasteiger partial charge is 0.258 e. The van der Waals surface area contributed by atoms with Crippen molar-refractivity contribution in [3.8, 4) is 5.88 Å². The van der Waals surface area contributed by atoms with Crippen LogP contribution in [0.2, 0.25) is 0 Å². The number of anilines is 1. The highest BCUT2D eigenvalue weighted by atomic mass is 79.9. The highest BCUT2D eigenvalue weighted by molar-refractivity contribution is 9.11. The van der Waals surface area contributed by atoms with E-state index >= 15 is 0 Å². The van der Waals surface area contributed by atoms with Gasteiger partial charge in [-0.3, -0.25) is 9.59 Å². The Labute approximate surface area is 181 Å². The monoisotopic (exact) mass is 524 g/mol. The van der Waals surface area contributed by atoms with Crippen LogP contribution in [-0.4, -0.2) is 31.7 Å². The average Bonchev–Trinajstić information content (AvgIpc) is 2.66. The summed E-state index contributed by atoms with van der Waals surface area (Å²) in [5, 5.41) is 13.0. The van der Waals surface area contributed by atoms with Gasteiger partial charge < -0.3 is 15.4 Å². The SMILES string of the molecule is O=C(CSc1nc(O)c(Cc2ccccc2)c(=O)[nH]1)Nc1ncc(Br)cc1Br. The summed E-state index contributed by atoms with van der Waals surface area (Å²) in [5.74, 6) is -0.287. The van der Waals surface area contributed by atoms with Crippen LogP contribution in [0, 0.1) is 0 Å². The number of aromatic hydroxyl groups is 1. The molecule has 3 aromatic rings. The summed E-state index contributed by atoms with van der Waals surface area (Å²) < 4.78 is 1.41. The Kier molecular flexibility index (Phi) is 6.87. The molecule has 0 aliphatic heterocycles. The zero-order valence-electron chi connectivity index (χ0n) is 14.3. The lowest BCUT2D eigenvalue weighted by Gasteiger charge is -2.08. The lowest BCUT2D eigenvalue weighted by atomic mass is 10.1. The van der Waals surface area contributed by atoms with Crippen LogP contribution >= 0.6 is 43.6 Å². The van der Waals surface area contributed by atoms with Crippen LogP contribution in [0.15, 0.2) is 61.5 Å². The number of carbonyl (C=O) groups excluding carboxylic acids is 1. The van der Waals surface area contributed by atoms with Gasteiger partial charge in [0, 0.05) is 17.1 Å². The lowest BCUT2D eigenvalue weighted by Crippen LogP contribution is -2.18. The van der Waals surface area contributed by atoms with Crippen molar-refractivity contribution in [2.45, 2.75) is 11.6 Å². The van der Waals surface area contributed by atoms with Gasteiger partial charge in [0.25, 0.3) is 5.56 Å². The molecule has 0 saturated carbocycles. The molecule has 0 fully saturated rings.